The van der Waals surface area contributed by atoms with Crippen LogP contribution in [0.15, 0.2) is 54.6 Å². The fraction of sp³-hybridized carbons (Fsp3) is 0.500. The number of carboxylic acid groups (broad SMARTS) is 1. The summed E-state index contributed by atoms with van der Waals surface area (Å²) in [7, 11) is 0. The van der Waals surface area contributed by atoms with Crippen molar-refractivity contribution in [2.45, 2.75) is 50.4 Å². The molecule has 154 valence electrons. The fourth-order valence-corrected chi connectivity index (χ4v) is 3.46. The Morgan fingerprint density at radius 2 is 1.93 bits per heavy atom. The average molecular weight is 390 g/mol. The summed E-state index contributed by atoms with van der Waals surface area (Å²) < 4.78 is 5.51. The molecule has 2 rings (SSSR count). The summed E-state index contributed by atoms with van der Waals surface area (Å²) in [6.07, 6.45) is 7.46. The van der Waals surface area contributed by atoms with E-state index in [0.717, 1.165) is 0 Å². The van der Waals surface area contributed by atoms with Crippen molar-refractivity contribution in [2.75, 3.05) is 6.61 Å². The van der Waals surface area contributed by atoms with Crippen molar-refractivity contribution in [1.29, 1.82) is 0 Å². The molecule has 6 nitrogen and oxygen atoms in total. The molecule has 5 atom stereocenters. The zero-order valence-corrected chi connectivity index (χ0v) is 15.9. The number of para-hydroxylation sites is 1. The highest BCUT2D eigenvalue weighted by atomic mass is 16.5. The highest BCUT2D eigenvalue weighted by molar-refractivity contribution is 5.66. The zero-order chi connectivity index (χ0) is 20.4. The van der Waals surface area contributed by atoms with Crippen LogP contribution in [-0.2, 0) is 4.79 Å². The van der Waals surface area contributed by atoms with Crippen molar-refractivity contribution >= 4 is 5.97 Å². The first-order chi connectivity index (χ1) is 13.5. The molecule has 0 saturated heterocycles. The number of carboxylic acids is 1. The molecule has 1 aliphatic rings. The van der Waals surface area contributed by atoms with Crippen molar-refractivity contribution in [1.82, 2.24) is 0 Å². The number of benzene rings is 1. The van der Waals surface area contributed by atoms with Gasteiger partial charge in [-0.25, -0.2) is 0 Å². The van der Waals surface area contributed by atoms with Gasteiger partial charge in [-0.05, 0) is 37.3 Å². The Hall–Kier alpha value is -2.15. The first kappa shape index (κ1) is 22.1. The second-order valence-electron chi connectivity index (χ2n) is 7.18. The van der Waals surface area contributed by atoms with Crippen molar-refractivity contribution in [3.63, 3.8) is 0 Å². The molecule has 0 aliphatic heterocycles. The van der Waals surface area contributed by atoms with E-state index >= 15 is 0 Å². The van der Waals surface area contributed by atoms with Crippen molar-refractivity contribution in [3.05, 3.63) is 54.6 Å². The van der Waals surface area contributed by atoms with Crippen LogP contribution in [0.3, 0.4) is 0 Å². The third kappa shape index (κ3) is 7.46. The number of aliphatic hydroxyl groups is 3. The second-order valence-corrected chi connectivity index (χ2v) is 7.18. The molecule has 0 radical (unpaired) electrons. The number of ether oxygens (including phenoxy) is 1. The summed E-state index contributed by atoms with van der Waals surface area (Å²) in [6.45, 7) is 0.111. The maximum absolute atomic E-state index is 10.5. The Morgan fingerprint density at radius 3 is 2.64 bits per heavy atom. The van der Waals surface area contributed by atoms with E-state index in [1.807, 2.05) is 42.5 Å². The predicted molar refractivity (Wildman–Crippen MR) is 106 cm³/mol. The molecule has 1 aliphatic carbocycles. The number of hydrogen-bond donors (Lipinski definition) is 4. The number of carbonyl (C=O) groups is 1. The van der Waals surface area contributed by atoms with Gasteiger partial charge in [-0.15, -0.1) is 0 Å². The molecule has 0 spiro atoms. The molecule has 3 unspecified atom stereocenters. The van der Waals surface area contributed by atoms with Gasteiger partial charge in [-0.2, -0.15) is 0 Å². The lowest BCUT2D eigenvalue weighted by Crippen LogP contribution is -2.21. The van der Waals surface area contributed by atoms with Crippen LogP contribution < -0.4 is 4.74 Å². The van der Waals surface area contributed by atoms with Crippen molar-refractivity contribution < 1.29 is 30.0 Å². The van der Waals surface area contributed by atoms with E-state index in [-0.39, 0.29) is 24.9 Å². The number of aliphatic carboxylic acids is 1. The number of hydrogen-bond acceptors (Lipinski definition) is 5. The molecule has 0 heterocycles. The Labute approximate surface area is 165 Å². The number of aliphatic hydroxyl groups excluding tert-OH is 3. The van der Waals surface area contributed by atoms with Crippen LogP contribution in [-0.4, -0.2) is 51.3 Å². The maximum Gasteiger partial charge on any atom is 0.303 e. The highest BCUT2D eigenvalue weighted by Crippen LogP contribution is 2.36. The van der Waals surface area contributed by atoms with Crippen LogP contribution in [0.2, 0.25) is 0 Å². The minimum absolute atomic E-state index is 0.111. The first-order valence-electron chi connectivity index (χ1n) is 9.74. The fourth-order valence-electron chi connectivity index (χ4n) is 3.46. The molecule has 1 aromatic carbocycles. The smallest absolute Gasteiger partial charge is 0.303 e. The van der Waals surface area contributed by atoms with Gasteiger partial charge in [-0.3, -0.25) is 4.79 Å². The molecule has 0 aromatic heterocycles. The molecular weight excluding hydrogens is 360 g/mol. The Morgan fingerprint density at radius 1 is 1.18 bits per heavy atom. The van der Waals surface area contributed by atoms with E-state index in [1.54, 1.807) is 12.2 Å². The van der Waals surface area contributed by atoms with Crippen LogP contribution in [0.5, 0.6) is 5.75 Å². The van der Waals surface area contributed by atoms with Crippen LogP contribution in [0, 0.1) is 11.8 Å². The topological polar surface area (TPSA) is 107 Å². The summed E-state index contributed by atoms with van der Waals surface area (Å²) in [5.41, 5.74) is 0. The molecular formula is C22H30O6. The minimum atomic E-state index is -0.808. The largest absolute Gasteiger partial charge is 0.491 e. The van der Waals surface area contributed by atoms with Gasteiger partial charge < -0.3 is 25.2 Å². The van der Waals surface area contributed by atoms with Gasteiger partial charge in [0.1, 0.15) is 18.5 Å². The van der Waals surface area contributed by atoms with Crippen molar-refractivity contribution in [2.24, 2.45) is 11.8 Å². The Balaban J connectivity index is 1.82. The lowest BCUT2D eigenvalue weighted by Gasteiger charge is -2.19. The first-order valence-corrected chi connectivity index (χ1v) is 9.74. The SMILES string of the molecule is O=C(O)CCC/C=C\CC1C(O)CC(O)[C@@H]1/C=C/[C@@H](O)COc1ccccc1. The standard InChI is InChI=1S/C22H30O6/c23-16(15-28-17-8-4-3-5-9-17)12-13-19-18(20(24)14-21(19)25)10-6-1-2-7-11-22(26)27/h1,3-6,8-9,12-13,16,18-21,23-25H,2,7,10-11,14-15H2,(H,26,27)/b6-1-,13-12+/t16-,18?,19-,20?,21?/m1/s1. The molecule has 1 fully saturated rings. The van der Waals surface area contributed by atoms with E-state index in [4.69, 9.17) is 9.84 Å². The summed E-state index contributed by atoms with van der Waals surface area (Å²) in [4.78, 5) is 10.5. The summed E-state index contributed by atoms with van der Waals surface area (Å²) in [5, 5.41) is 39.2. The number of unbranched alkanes of at least 4 members (excludes halogenated alkanes) is 1. The van der Waals surface area contributed by atoms with Crippen LogP contribution in [0.1, 0.15) is 32.1 Å². The monoisotopic (exact) mass is 390 g/mol. The van der Waals surface area contributed by atoms with E-state index in [2.05, 4.69) is 0 Å². The van der Waals surface area contributed by atoms with Gasteiger partial charge in [0, 0.05) is 18.8 Å². The molecule has 6 heteroatoms. The third-order valence-electron chi connectivity index (χ3n) is 4.97. The van der Waals surface area contributed by atoms with Crippen molar-refractivity contribution in [3.8, 4) is 5.75 Å². The van der Waals surface area contributed by atoms with Gasteiger partial charge >= 0.3 is 5.97 Å². The minimum Gasteiger partial charge on any atom is -0.491 e. The van der Waals surface area contributed by atoms with E-state index in [1.165, 1.54) is 0 Å². The van der Waals surface area contributed by atoms with Gasteiger partial charge in [0.25, 0.3) is 0 Å². The predicted octanol–water partition coefficient (Wildman–Crippen LogP) is 2.54. The molecule has 28 heavy (non-hydrogen) atoms. The van der Waals surface area contributed by atoms with E-state index < -0.39 is 24.3 Å². The zero-order valence-electron chi connectivity index (χ0n) is 15.9. The maximum atomic E-state index is 10.5. The van der Waals surface area contributed by atoms with Gasteiger partial charge in [0.15, 0.2) is 0 Å². The Kier molecular flexibility index (Phi) is 9.20. The summed E-state index contributed by atoms with van der Waals surface area (Å²) in [5.74, 6) is -0.505. The molecule has 0 bridgehead atoms. The summed E-state index contributed by atoms with van der Waals surface area (Å²) >= 11 is 0. The third-order valence-corrected chi connectivity index (χ3v) is 4.97. The van der Waals surface area contributed by atoms with Crippen LogP contribution in [0.4, 0.5) is 0 Å². The molecule has 1 saturated carbocycles. The molecule has 4 N–H and O–H groups in total. The van der Waals surface area contributed by atoms with E-state index in [0.29, 0.717) is 31.4 Å². The highest BCUT2D eigenvalue weighted by Gasteiger charge is 2.39. The van der Waals surface area contributed by atoms with E-state index in [9.17, 15) is 20.1 Å². The molecule has 1 aromatic rings. The van der Waals surface area contributed by atoms with Gasteiger partial charge in [0.2, 0.25) is 0 Å². The second kappa shape index (κ2) is 11.6. The lowest BCUT2D eigenvalue weighted by atomic mass is 9.89. The number of allylic oxidation sites excluding steroid dienone is 2. The quantitative estimate of drug-likeness (QED) is 0.342. The molecule has 0 amide bonds. The van der Waals surface area contributed by atoms with Gasteiger partial charge in [-0.1, -0.05) is 42.5 Å². The number of rotatable bonds is 11. The average Bonchev–Trinajstić information content (AvgIpc) is 2.94. The summed E-state index contributed by atoms with van der Waals surface area (Å²) in [6, 6.07) is 9.22. The normalized spacial score (nSPS) is 26.1. The van der Waals surface area contributed by atoms with Crippen LogP contribution >= 0.6 is 0 Å². The van der Waals surface area contributed by atoms with Crippen LogP contribution in [0.25, 0.3) is 0 Å². The Bertz CT molecular complexity index is 642. The lowest BCUT2D eigenvalue weighted by molar-refractivity contribution is -0.137. The van der Waals surface area contributed by atoms with Gasteiger partial charge in [0.05, 0.1) is 12.2 Å².